The number of fused-ring (bicyclic) bond motifs is 1. The minimum atomic E-state index is -2.43. The van der Waals surface area contributed by atoms with Crippen LogP contribution in [0.4, 0.5) is 8.78 Å². The zero-order valence-electron chi connectivity index (χ0n) is 4.98. The van der Waals surface area contributed by atoms with Crippen LogP contribution in [-0.4, -0.2) is 12.0 Å². The molecule has 1 nitrogen and oxygen atoms in total. The smallest absolute Gasteiger partial charge is 0.252 e. The van der Waals surface area contributed by atoms with Crippen LogP contribution >= 0.6 is 0 Å². The number of nitrogens with two attached hydrogens (primary N) is 1. The van der Waals surface area contributed by atoms with Crippen LogP contribution in [0.1, 0.15) is 12.8 Å². The molecule has 3 heteroatoms. The van der Waals surface area contributed by atoms with Gasteiger partial charge in [-0.15, -0.1) is 0 Å². The molecule has 0 amide bonds. The van der Waals surface area contributed by atoms with Crippen LogP contribution in [0.5, 0.6) is 0 Å². The lowest BCUT2D eigenvalue weighted by atomic mass is 10.2. The van der Waals surface area contributed by atoms with Crippen molar-refractivity contribution in [2.24, 2.45) is 17.6 Å². The summed E-state index contributed by atoms with van der Waals surface area (Å²) in [5.41, 5.74) is 5.37. The van der Waals surface area contributed by atoms with Gasteiger partial charge in [0.1, 0.15) is 0 Å². The number of hydrogen-bond acceptors (Lipinski definition) is 1. The molecule has 52 valence electrons. The molecule has 0 heterocycles. The first-order chi connectivity index (χ1) is 4.13. The maximum absolute atomic E-state index is 12.6. The van der Waals surface area contributed by atoms with Crippen LogP contribution < -0.4 is 5.73 Å². The lowest BCUT2D eigenvalue weighted by molar-refractivity contribution is -0.0164. The molecule has 0 unspecified atom stereocenters. The topological polar surface area (TPSA) is 26.0 Å². The monoisotopic (exact) mass is 133 g/mol. The molecule has 0 aromatic heterocycles. The Labute approximate surface area is 52.2 Å². The maximum atomic E-state index is 12.6. The van der Waals surface area contributed by atoms with Crippen molar-refractivity contribution >= 4 is 0 Å². The van der Waals surface area contributed by atoms with E-state index in [1.807, 2.05) is 0 Å². The summed E-state index contributed by atoms with van der Waals surface area (Å²) < 4.78 is 25.1. The molecule has 0 saturated heterocycles. The highest BCUT2D eigenvalue weighted by Gasteiger charge is 2.65. The molecule has 2 N–H and O–H groups in total. The second kappa shape index (κ2) is 1.29. The Morgan fingerprint density at radius 1 is 1.44 bits per heavy atom. The summed E-state index contributed by atoms with van der Waals surface area (Å²) in [5.74, 6) is -2.73. The molecule has 0 aliphatic heterocycles. The third-order valence-electron chi connectivity index (χ3n) is 2.53. The highest BCUT2D eigenvalue weighted by atomic mass is 19.3. The highest BCUT2D eigenvalue weighted by Crippen LogP contribution is 2.58. The molecule has 2 rings (SSSR count). The molecule has 2 aliphatic carbocycles. The van der Waals surface area contributed by atoms with Gasteiger partial charge in [-0.1, -0.05) is 0 Å². The third-order valence-corrected chi connectivity index (χ3v) is 2.53. The van der Waals surface area contributed by atoms with E-state index in [-0.39, 0.29) is 18.4 Å². The molecular weight excluding hydrogens is 124 g/mol. The van der Waals surface area contributed by atoms with E-state index >= 15 is 0 Å². The summed E-state index contributed by atoms with van der Waals surface area (Å²) in [6.07, 6.45) is 0.703. The summed E-state index contributed by atoms with van der Waals surface area (Å²) in [6, 6.07) is -0.186. The predicted molar refractivity (Wildman–Crippen MR) is 29.1 cm³/mol. The van der Waals surface area contributed by atoms with Gasteiger partial charge < -0.3 is 5.73 Å². The van der Waals surface area contributed by atoms with Crippen molar-refractivity contribution in [3.05, 3.63) is 0 Å². The third kappa shape index (κ3) is 0.556. The van der Waals surface area contributed by atoms with Gasteiger partial charge >= 0.3 is 0 Å². The van der Waals surface area contributed by atoms with Crippen molar-refractivity contribution in [1.29, 1.82) is 0 Å². The number of hydrogen-bond donors (Lipinski definition) is 1. The van der Waals surface area contributed by atoms with Gasteiger partial charge in [-0.2, -0.15) is 0 Å². The summed E-state index contributed by atoms with van der Waals surface area (Å²) in [5, 5.41) is 0. The SMILES string of the molecule is N[C@H]1[C@@H]2CCC(F)(F)[C@H]12. The number of alkyl halides is 2. The van der Waals surface area contributed by atoms with E-state index in [4.69, 9.17) is 5.73 Å². The van der Waals surface area contributed by atoms with Crippen molar-refractivity contribution in [2.45, 2.75) is 24.8 Å². The van der Waals surface area contributed by atoms with Crippen molar-refractivity contribution in [1.82, 2.24) is 0 Å². The fraction of sp³-hybridized carbons (Fsp3) is 1.00. The van der Waals surface area contributed by atoms with Crippen molar-refractivity contribution in [3.63, 3.8) is 0 Å². The van der Waals surface area contributed by atoms with Gasteiger partial charge in [0.05, 0.1) is 0 Å². The van der Waals surface area contributed by atoms with Crippen LogP contribution in [0.15, 0.2) is 0 Å². The Hall–Kier alpha value is -0.180. The van der Waals surface area contributed by atoms with Crippen molar-refractivity contribution < 1.29 is 8.78 Å². The van der Waals surface area contributed by atoms with Crippen LogP contribution in [0, 0.1) is 11.8 Å². The minimum absolute atomic E-state index is 0.0655. The lowest BCUT2D eigenvalue weighted by Gasteiger charge is -2.10. The van der Waals surface area contributed by atoms with Crippen LogP contribution in [-0.2, 0) is 0 Å². The first kappa shape index (κ1) is 5.59. The Morgan fingerprint density at radius 3 is 2.33 bits per heavy atom. The van der Waals surface area contributed by atoms with Crippen molar-refractivity contribution in [2.75, 3.05) is 0 Å². The number of halogens is 2. The van der Waals surface area contributed by atoms with Gasteiger partial charge in [0.15, 0.2) is 0 Å². The normalized spacial score (nSPS) is 53.0. The average Bonchev–Trinajstić information content (AvgIpc) is 2.24. The van der Waals surface area contributed by atoms with E-state index in [1.54, 1.807) is 0 Å². The van der Waals surface area contributed by atoms with Crippen LogP contribution in [0.2, 0.25) is 0 Å². The minimum Gasteiger partial charge on any atom is -0.327 e. The first-order valence-corrected chi connectivity index (χ1v) is 3.26. The fourth-order valence-electron chi connectivity index (χ4n) is 1.89. The molecule has 2 aliphatic rings. The molecule has 0 aromatic carbocycles. The fourth-order valence-corrected chi connectivity index (χ4v) is 1.89. The standard InChI is InChI=1S/C6H9F2N/c7-6(8)2-1-3-4(6)5(3)9/h3-5H,1-2,9H2/t3-,4+,5+/m1/s1. The van der Waals surface area contributed by atoms with E-state index in [1.165, 1.54) is 0 Å². The molecule has 3 atom stereocenters. The molecular formula is C6H9F2N. The van der Waals surface area contributed by atoms with E-state index in [0.29, 0.717) is 6.42 Å². The molecule has 2 fully saturated rings. The van der Waals surface area contributed by atoms with Gasteiger partial charge in [-0.25, -0.2) is 8.78 Å². The quantitative estimate of drug-likeness (QED) is 0.524. The number of rotatable bonds is 0. The molecule has 0 radical (unpaired) electrons. The zero-order valence-corrected chi connectivity index (χ0v) is 4.98. The first-order valence-electron chi connectivity index (χ1n) is 3.26. The average molecular weight is 133 g/mol. The van der Waals surface area contributed by atoms with E-state index < -0.39 is 11.8 Å². The molecule has 0 aromatic rings. The Kier molecular flexibility index (Phi) is 0.799. The van der Waals surface area contributed by atoms with Gasteiger partial charge in [0, 0.05) is 18.4 Å². The van der Waals surface area contributed by atoms with Gasteiger partial charge in [0.2, 0.25) is 0 Å². The Morgan fingerprint density at radius 2 is 2.11 bits per heavy atom. The summed E-state index contributed by atoms with van der Waals surface area (Å²) in [4.78, 5) is 0. The van der Waals surface area contributed by atoms with E-state index in [0.717, 1.165) is 0 Å². The molecule has 9 heavy (non-hydrogen) atoms. The second-order valence-electron chi connectivity index (χ2n) is 3.07. The van der Waals surface area contributed by atoms with E-state index in [9.17, 15) is 8.78 Å². The van der Waals surface area contributed by atoms with Gasteiger partial charge in [-0.05, 0) is 12.3 Å². The lowest BCUT2D eigenvalue weighted by Crippen LogP contribution is -2.22. The van der Waals surface area contributed by atoms with Crippen LogP contribution in [0.3, 0.4) is 0 Å². The Balaban J connectivity index is 2.16. The van der Waals surface area contributed by atoms with E-state index in [2.05, 4.69) is 0 Å². The largest absolute Gasteiger partial charge is 0.327 e. The zero-order chi connectivity index (χ0) is 6.65. The van der Waals surface area contributed by atoms with Gasteiger partial charge in [-0.3, -0.25) is 0 Å². The second-order valence-corrected chi connectivity index (χ2v) is 3.07. The van der Waals surface area contributed by atoms with Crippen LogP contribution in [0.25, 0.3) is 0 Å². The predicted octanol–water partition coefficient (Wildman–Crippen LogP) is 0.989. The summed E-state index contributed by atoms with van der Waals surface area (Å²) >= 11 is 0. The molecule has 0 spiro atoms. The Bertz CT molecular complexity index is 146. The summed E-state index contributed by atoms with van der Waals surface area (Å²) in [7, 11) is 0. The van der Waals surface area contributed by atoms with Gasteiger partial charge in [0.25, 0.3) is 5.92 Å². The van der Waals surface area contributed by atoms with Crippen molar-refractivity contribution in [3.8, 4) is 0 Å². The molecule has 2 saturated carbocycles. The maximum Gasteiger partial charge on any atom is 0.252 e. The molecule has 0 bridgehead atoms. The highest BCUT2D eigenvalue weighted by molar-refractivity contribution is 5.12. The summed E-state index contributed by atoms with van der Waals surface area (Å²) in [6.45, 7) is 0.